The van der Waals surface area contributed by atoms with Crippen LogP contribution in [0.2, 0.25) is 0 Å². The van der Waals surface area contributed by atoms with Crippen molar-refractivity contribution in [3.8, 4) is 6.07 Å². The number of tetrazole rings is 1. The SMILES string of the molecule is C=C(c1ccc2c(c1)CCc1cc(C(=O)N(C)C)ccc1C2(CC1(NCC(=C)N2C(C#N)C[C@@H]3C[C@@H]32)CCC1)c1nn[nH]n1)N(C)C. The molecule has 10 nitrogen and oxygen atoms in total. The Hall–Kier alpha value is -4.49. The summed E-state index contributed by atoms with van der Waals surface area (Å²) in [7, 11) is 7.61. The minimum absolute atomic E-state index is 0.0181. The molecule has 244 valence electrons. The first-order valence-corrected chi connectivity index (χ1v) is 16.8. The molecular weight excluding hydrogens is 586 g/mol. The number of nitrogens with one attached hydrogen (secondary N) is 2. The van der Waals surface area contributed by atoms with Crippen LogP contribution in [0.1, 0.15) is 82.5 Å². The molecule has 10 heteroatoms. The number of aryl methyl sites for hydroxylation is 2. The lowest BCUT2D eigenvalue weighted by atomic mass is 9.60. The third-order valence-electron chi connectivity index (χ3n) is 11.2. The van der Waals surface area contributed by atoms with Crippen molar-refractivity contribution in [2.45, 2.75) is 74.4 Å². The highest BCUT2D eigenvalue weighted by Gasteiger charge is 2.54. The number of amides is 1. The number of nitriles is 1. The van der Waals surface area contributed by atoms with Crippen molar-refractivity contribution in [3.63, 3.8) is 0 Å². The van der Waals surface area contributed by atoms with E-state index in [4.69, 9.17) is 5.10 Å². The van der Waals surface area contributed by atoms with Crippen LogP contribution in [0.5, 0.6) is 0 Å². The Kier molecular flexibility index (Phi) is 7.71. The summed E-state index contributed by atoms with van der Waals surface area (Å²) in [5.41, 5.74) is 7.38. The molecule has 3 aromatic rings. The second-order valence-electron chi connectivity index (χ2n) is 14.5. The highest BCUT2D eigenvalue weighted by atomic mass is 16.2. The Morgan fingerprint density at radius 3 is 2.30 bits per heavy atom. The van der Waals surface area contributed by atoms with E-state index in [0.29, 0.717) is 29.9 Å². The molecule has 2 unspecified atom stereocenters. The van der Waals surface area contributed by atoms with Crippen molar-refractivity contribution < 1.29 is 4.79 Å². The lowest BCUT2D eigenvalue weighted by Gasteiger charge is -2.49. The lowest BCUT2D eigenvalue weighted by Crippen LogP contribution is -2.57. The van der Waals surface area contributed by atoms with Crippen LogP contribution in [0.3, 0.4) is 0 Å². The number of hydrogen-bond acceptors (Lipinski definition) is 8. The number of hydrogen-bond donors (Lipinski definition) is 2. The zero-order valence-corrected chi connectivity index (χ0v) is 28.0. The second kappa shape index (κ2) is 11.6. The fourth-order valence-electron chi connectivity index (χ4n) is 8.47. The third kappa shape index (κ3) is 5.21. The minimum Gasteiger partial charge on any atom is -0.378 e. The minimum atomic E-state index is -0.731. The third-order valence-corrected chi connectivity index (χ3v) is 11.2. The fraction of sp³-hybridized carbons (Fsp3) is 0.486. The molecule has 2 N–H and O–H groups in total. The molecular formula is C37H45N9O. The number of rotatable bonds is 10. The topological polar surface area (TPSA) is 117 Å². The van der Waals surface area contributed by atoms with Gasteiger partial charge in [0, 0.05) is 63.3 Å². The largest absolute Gasteiger partial charge is 0.378 e. The maximum Gasteiger partial charge on any atom is 0.253 e. The van der Waals surface area contributed by atoms with Crippen LogP contribution < -0.4 is 5.32 Å². The quantitative estimate of drug-likeness (QED) is 0.341. The number of aromatic nitrogens is 4. The van der Waals surface area contributed by atoms with Gasteiger partial charge in [0.05, 0.1) is 11.5 Å². The van der Waals surface area contributed by atoms with Gasteiger partial charge in [0.2, 0.25) is 0 Å². The van der Waals surface area contributed by atoms with Gasteiger partial charge in [-0.1, -0.05) is 36.6 Å². The first-order chi connectivity index (χ1) is 22.6. The number of H-pyrrole nitrogens is 1. The van der Waals surface area contributed by atoms with Crippen molar-refractivity contribution in [1.82, 2.24) is 40.6 Å². The number of piperidine rings is 1. The standard InChI is InChI=1S/C37H45N9O/c1-23(46-30(20-38)18-29-19-33(29)46)21-39-36(14-7-15-36)22-37(35-40-42-43-41-35)31-12-10-25(24(2)44(3)4)16-26(31)8-9-27-17-28(11-13-32(27)37)34(47)45(5)6/h10-13,16-17,29-30,33,39H,1-2,7-9,14-15,18-19,21-22H2,3-6H3,(H,40,41,42,43)/t29-,30?,33+,37?/m1/s1. The molecule has 47 heavy (non-hydrogen) atoms. The smallest absolute Gasteiger partial charge is 0.253 e. The van der Waals surface area contributed by atoms with Crippen molar-refractivity contribution in [1.29, 1.82) is 5.26 Å². The molecule has 7 rings (SSSR count). The van der Waals surface area contributed by atoms with E-state index in [0.717, 1.165) is 85.0 Å². The molecule has 1 aliphatic heterocycles. The number of benzene rings is 2. The van der Waals surface area contributed by atoms with Crippen molar-refractivity contribution in [2.75, 3.05) is 34.7 Å². The number of carbonyl (C=O) groups is 1. The molecule has 1 saturated heterocycles. The molecule has 4 aliphatic rings. The number of aromatic amines is 1. The Morgan fingerprint density at radius 2 is 1.72 bits per heavy atom. The number of carbonyl (C=O) groups excluding carboxylic acids is 1. The van der Waals surface area contributed by atoms with Gasteiger partial charge >= 0.3 is 0 Å². The normalized spacial score (nSPS) is 24.9. The Labute approximate surface area is 277 Å². The summed E-state index contributed by atoms with van der Waals surface area (Å²) in [5, 5.41) is 30.1. The van der Waals surface area contributed by atoms with Gasteiger partial charge in [0.25, 0.3) is 5.91 Å². The summed E-state index contributed by atoms with van der Waals surface area (Å²) in [4.78, 5) is 19.1. The van der Waals surface area contributed by atoms with Gasteiger partial charge in [-0.3, -0.25) is 4.79 Å². The number of likely N-dealkylation sites (tertiary alicyclic amines) is 1. The Balaban J connectivity index is 1.34. The zero-order chi connectivity index (χ0) is 33.1. The van der Waals surface area contributed by atoms with Crippen LogP contribution in [-0.2, 0) is 18.3 Å². The Morgan fingerprint density at radius 1 is 1.04 bits per heavy atom. The van der Waals surface area contributed by atoms with Gasteiger partial charge in [0.15, 0.2) is 5.82 Å². The van der Waals surface area contributed by atoms with Crippen molar-refractivity contribution in [3.05, 3.63) is 94.5 Å². The summed E-state index contributed by atoms with van der Waals surface area (Å²) in [6.07, 6.45) is 7.54. The molecule has 1 aromatic heterocycles. The van der Waals surface area contributed by atoms with Gasteiger partial charge in [-0.2, -0.15) is 10.5 Å². The van der Waals surface area contributed by atoms with E-state index in [1.807, 2.05) is 25.1 Å². The van der Waals surface area contributed by atoms with E-state index in [1.54, 1.807) is 19.0 Å². The van der Waals surface area contributed by atoms with Crippen LogP contribution in [0.25, 0.3) is 5.70 Å². The fourth-order valence-corrected chi connectivity index (χ4v) is 8.47. The highest BCUT2D eigenvalue weighted by Crippen LogP contribution is 2.53. The maximum absolute atomic E-state index is 13.2. The number of fused-ring (bicyclic) bond motifs is 3. The molecule has 4 atom stereocenters. The number of nitrogens with zero attached hydrogens (tertiary/aromatic N) is 7. The first-order valence-electron chi connectivity index (χ1n) is 16.8. The average molecular weight is 632 g/mol. The predicted octanol–water partition coefficient (Wildman–Crippen LogP) is 4.27. The van der Waals surface area contributed by atoms with Crippen LogP contribution in [-0.4, -0.2) is 93.6 Å². The molecule has 0 bridgehead atoms. The van der Waals surface area contributed by atoms with Crippen molar-refractivity contribution >= 4 is 11.6 Å². The van der Waals surface area contributed by atoms with E-state index in [1.165, 1.54) is 5.56 Å². The van der Waals surface area contributed by atoms with Crippen LogP contribution in [0.15, 0.2) is 55.3 Å². The second-order valence-corrected chi connectivity index (χ2v) is 14.5. The van der Waals surface area contributed by atoms with Gasteiger partial charge in [-0.05, 0) is 103 Å². The predicted molar refractivity (Wildman–Crippen MR) is 181 cm³/mol. The molecule has 3 aliphatic carbocycles. The summed E-state index contributed by atoms with van der Waals surface area (Å²) in [5.74, 6) is 1.24. The summed E-state index contributed by atoms with van der Waals surface area (Å²) >= 11 is 0. The van der Waals surface area contributed by atoms with E-state index in [-0.39, 0.29) is 17.5 Å². The Bertz CT molecular complexity index is 1690. The molecule has 3 fully saturated rings. The molecule has 1 amide bonds. The van der Waals surface area contributed by atoms with Gasteiger partial charge in [-0.25, -0.2) is 0 Å². The molecule has 2 aromatic carbocycles. The average Bonchev–Trinajstić information content (AvgIpc) is 3.43. The van der Waals surface area contributed by atoms with E-state index in [2.05, 4.69) is 75.3 Å². The lowest BCUT2D eigenvalue weighted by molar-refractivity contribution is 0.0827. The zero-order valence-electron chi connectivity index (χ0n) is 28.0. The van der Waals surface area contributed by atoms with Gasteiger partial charge in [-0.15, -0.1) is 10.2 Å². The highest BCUT2D eigenvalue weighted by molar-refractivity contribution is 5.94. The van der Waals surface area contributed by atoms with Crippen LogP contribution >= 0.6 is 0 Å². The summed E-state index contributed by atoms with van der Waals surface area (Å²) < 4.78 is 0. The maximum atomic E-state index is 13.2. The summed E-state index contributed by atoms with van der Waals surface area (Å²) in [6, 6.07) is 15.7. The van der Waals surface area contributed by atoms with Crippen LogP contribution in [0, 0.1) is 17.2 Å². The molecule has 2 saturated carbocycles. The van der Waals surface area contributed by atoms with Crippen LogP contribution in [0.4, 0.5) is 0 Å². The molecule has 0 spiro atoms. The van der Waals surface area contributed by atoms with Gasteiger partial charge < -0.3 is 20.0 Å². The summed E-state index contributed by atoms with van der Waals surface area (Å²) in [6.45, 7) is 9.45. The molecule has 2 heterocycles. The molecule has 0 radical (unpaired) electrons. The van der Waals surface area contributed by atoms with Crippen molar-refractivity contribution in [2.24, 2.45) is 5.92 Å². The van der Waals surface area contributed by atoms with E-state index in [9.17, 15) is 10.1 Å². The van der Waals surface area contributed by atoms with E-state index < -0.39 is 5.41 Å². The van der Waals surface area contributed by atoms with E-state index >= 15 is 0 Å². The monoisotopic (exact) mass is 631 g/mol. The van der Waals surface area contributed by atoms with Gasteiger partial charge in [0.1, 0.15) is 6.04 Å². The first kappa shape index (κ1) is 31.1.